The molecule has 0 saturated carbocycles. The minimum absolute atomic E-state index is 0.173. The van der Waals surface area contributed by atoms with E-state index >= 15 is 0 Å². The Hall–Kier alpha value is -1.35. The molecule has 1 aromatic rings. The summed E-state index contributed by atoms with van der Waals surface area (Å²) >= 11 is 0. The topological polar surface area (TPSA) is 41.1 Å². The number of amides is 1. The third-order valence-corrected chi connectivity index (χ3v) is 3.82. The third kappa shape index (κ3) is 4.67. The summed E-state index contributed by atoms with van der Waals surface area (Å²) in [5.74, 6) is 0.791. The molecule has 19 heavy (non-hydrogen) atoms. The van der Waals surface area contributed by atoms with E-state index in [1.54, 1.807) is 0 Å². The van der Waals surface area contributed by atoms with Gasteiger partial charge in [-0.3, -0.25) is 4.79 Å². The molecule has 1 saturated heterocycles. The van der Waals surface area contributed by atoms with Gasteiger partial charge in [0.2, 0.25) is 5.91 Å². The van der Waals surface area contributed by atoms with Crippen LogP contribution in [0.4, 0.5) is 0 Å². The van der Waals surface area contributed by atoms with E-state index in [-0.39, 0.29) is 5.91 Å². The van der Waals surface area contributed by atoms with Crippen LogP contribution >= 0.6 is 0 Å². The van der Waals surface area contributed by atoms with Crippen molar-refractivity contribution in [2.75, 3.05) is 19.6 Å². The van der Waals surface area contributed by atoms with Crippen LogP contribution in [0, 0.1) is 5.92 Å². The lowest BCUT2D eigenvalue weighted by atomic mass is 10.1. The molecule has 0 bridgehead atoms. The van der Waals surface area contributed by atoms with Crippen LogP contribution in [0.2, 0.25) is 0 Å². The Morgan fingerprint density at radius 2 is 2.05 bits per heavy atom. The van der Waals surface area contributed by atoms with E-state index < -0.39 is 0 Å². The molecule has 0 radical (unpaired) electrons. The molecular weight excluding hydrogens is 236 g/mol. The molecule has 2 rings (SSSR count). The molecule has 1 unspecified atom stereocenters. The van der Waals surface area contributed by atoms with Gasteiger partial charge in [-0.2, -0.15) is 0 Å². The predicted octanol–water partition coefficient (Wildman–Crippen LogP) is 1.91. The highest BCUT2D eigenvalue weighted by atomic mass is 16.1. The minimum atomic E-state index is 0.173. The molecule has 3 heteroatoms. The second-order valence-corrected chi connectivity index (χ2v) is 5.33. The van der Waals surface area contributed by atoms with E-state index in [9.17, 15) is 4.79 Å². The van der Waals surface area contributed by atoms with Crippen LogP contribution in [0.15, 0.2) is 24.3 Å². The first-order valence-electron chi connectivity index (χ1n) is 7.33. The summed E-state index contributed by atoms with van der Waals surface area (Å²) in [4.78, 5) is 11.8. The molecule has 1 fully saturated rings. The van der Waals surface area contributed by atoms with Crippen molar-refractivity contribution in [2.45, 2.75) is 32.6 Å². The number of nitrogens with one attached hydrogen (secondary N) is 2. The van der Waals surface area contributed by atoms with Gasteiger partial charge < -0.3 is 10.6 Å². The fraction of sp³-hybridized carbons (Fsp3) is 0.562. The SMILES string of the molecule is CCc1ccc(CCC(=O)NCC2CCNC2)cc1. The maximum Gasteiger partial charge on any atom is 0.220 e. The van der Waals surface area contributed by atoms with Crippen molar-refractivity contribution in [1.29, 1.82) is 0 Å². The number of hydrogen-bond donors (Lipinski definition) is 2. The summed E-state index contributed by atoms with van der Waals surface area (Å²) in [6.45, 7) is 5.10. The molecular formula is C16H24N2O. The zero-order chi connectivity index (χ0) is 13.5. The van der Waals surface area contributed by atoms with Crippen LogP contribution in [0.1, 0.15) is 30.9 Å². The smallest absolute Gasteiger partial charge is 0.220 e. The van der Waals surface area contributed by atoms with Crippen LogP contribution in [0.25, 0.3) is 0 Å². The molecule has 1 aliphatic heterocycles. The second kappa shape index (κ2) is 7.29. The summed E-state index contributed by atoms with van der Waals surface area (Å²) < 4.78 is 0. The van der Waals surface area contributed by atoms with Crippen molar-refractivity contribution < 1.29 is 4.79 Å². The van der Waals surface area contributed by atoms with Gasteiger partial charge in [0.15, 0.2) is 0 Å². The van der Waals surface area contributed by atoms with Gasteiger partial charge in [0.05, 0.1) is 0 Å². The molecule has 104 valence electrons. The van der Waals surface area contributed by atoms with E-state index in [1.807, 2.05) is 0 Å². The van der Waals surface area contributed by atoms with Crippen LogP contribution < -0.4 is 10.6 Å². The fourth-order valence-corrected chi connectivity index (χ4v) is 2.43. The quantitative estimate of drug-likeness (QED) is 0.820. The van der Waals surface area contributed by atoms with Crippen molar-refractivity contribution in [3.8, 4) is 0 Å². The largest absolute Gasteiger partial charge is 0.356 e. The Balaban J connectivity index is 1.67. The van der Waals surface area contributed by atoms with E-state index in [1.165, 1.54) is 17.5 Å². The normalized spacial score (nSPS) is 18.5. The lowest BCUT2D eigenvalue weighted by Crippen LogP contribution is -2.30. The van der Waals surface area contributed by atoms with Crippen molar-refractivity contribution in [3.63, 3.8) is 0 Å². The van der Waals surface area contributed by atoms with E-state index in [0.717, 1.165) is 32.5 Å². The van der Waals surface area contributed by atoms with E-state index in [2.05, 4.69) is 41.8 Å². The number of rotatable bonds is 6. The molecule has 1 amide bonds. The zero-order valence-electron chi connectivity index (χ0n) is 11.7. The Kier molecular flexibility index (Phi) is 5.40. The lowest BCUT2D eigenvalue weighted by Gasteiger charge is -2.10. The molecule has 1 heterocycles. The number of aryl methyl sites for hydroxylation is 2. The number of carbonyl (C=O) groups is 1. The van der Waals surface area contributed by atoms with Gasteiger partial charge in [-0.05, 0) is 49.4 Å². The van der Waals surface area contributed by atoms with Crippen molar-refractivity contribution >= 4 is 5.91 Å². The van der Waals surface area contributed by atoms with Gasteiger partial charge in [0.1, 0.15) is 0 Å². The lowest BCUT2D eigenvalue weighted by molar-refractivity contribution is -0.121. The standard InChI is InChI=1S/C16H24N2O/c1-2-13-3-5-14(6-4-13)7-8-16(19)18-12-15-9-10-17-11-15/h3-6,15,17H,2,7-12H2,1H3,(H,18,19). The highest BCUT2D eigenvalue weighted by Crippen LogP contribution is 2.08. The Morgan fingerprint density at radius 1 is 1.32 bits per heavy atom. The summed E-state index contributed by atoms with van der Waals surface area (Å²) in [7, 11) is 0. The van der Waals surface area contributed by atoms with Gasteiger partial charge in [-0.1, -0.05) is 31.2 Å². The molecule has 1 aromatic carbocycles. The highest BCUT2D eigenvalue weighted by Gasteiger charge is 2.14. The first-order chi connectivity index (χ1) is 9.28. The Bertz CT molecular complexity index is 394. The summed E-state index contributed by atoms with van der Waals surface area (Å²) in [6.07, 6.45) is 3.67. The highest BCUT2D eigenvalue weighted by molar-refractivity contribution is 5.76. The molecule has 0 aliphatic carbocycles. The zero-order valence-corrected chi connectivity index (χ0v) is 11.7. The predicted molar refractivity (Wildman–Crippen MR) is 78.1 cm³/mol. The van der Waals surface area contributed by atoms with Crippen LogP contribution in [0.5, 0.6) is 0 Å². The number of carbonyl (C=O) groups excluding carboxylic acids is 1. The third-order valence-electron chi connectivity index (χ3n) is 3.82. The first kappa shape index (κ1) is 14.1. The summed E-state index contributed by atoms with van der Waals surface area (Å²) in [5, 5.41) is 6.35. The molecule has 2 N–H and O–H groups in total. The molecule has 0 spiro atoms. The number of hydrogen-bond acceptors (Lipinski definition) is 2. The van der Waals surface area contributed by atoms with E-state index in [0.29, 0.717) is 12.3 Å². The van der Waals surface area contributed by atoms with Crippen LogP contribution in [-0.4, -0.2) is 25.5 Å². The van der Waals surface area contributed by atoms with Crippen molar-refractivity contribution in [2.24, 2.45) is 5.92 Å². The Morgan fingerprint density at radius 3 is 2.68 bits per heavy atom. The van der Waals surface area contributed by atoms with Gasteiger partial charge in [0, 0.05) is 13.0 Å². The fourth-order valence-electron chi connectivity index (χ4n) is 2.43. The van der Waals surface area contributed by atoms with Gasteiger partial charge in [-0.15, -0.1) is 0 Å². The Labute approximate surface area is 115 Å². The van der Waals surface area contributed by atoms with Crippen molar-refractivity contribution in [1.82, 2.24) is 10.6 Å². The summed E-state index contributed by atoms with van der Waals surface area (Å²) in [6, 6.07) is 8.56. The average molecular weight is 260 g/mol. The van der Waals surface area contributed by atoms with Crippen molar-refractivity contribution in [3.05, 3.63) is 35.4 Å². The van der Waals surface area contributed by atoms with Gasteiger partial charge in [0.25, 0.3) is 0 Å². The van der Waals surface area contributed by atoms with E-state index in [4.69, 9.17) is 0 Å². The van der Waals surface area contributed by atoms with Gasteiger partial charge in [-0.25, -0.2) is 0 Å². The van der Waals surface area contributed by atoms with Crippen LogP contribution in [-0.2, 0) is 17.6 Å². The van der Waals surface area contributed by atoms with Crippen LogP contribution in [0.3, 0.4) is 0 Å². The summed E-state index contributed by atoms with van der Waals surface area (Å²) in [5.41, 5.74) is 2.59. The maximum atomic E-state index is 11.8. The monoisotopic (exact) mass is 260 g/mol. The average Bonchev–Trinajstić information content (AvgIpc) is 2.96. The minimum Gasteiger partial charge on any atom is -0.356 e. The molecule has 0 aromatic heterocycles. The second-order valence-electron chi connectivity index (χ2n) is 5.33. The molecule has 1 aliphatic rings. The van der Waals surface area contributed by atoms with Gasteiger partial charge >= 0.3 is 0 Å². The number of benzene rings is 1. The maximum absolute atomic E-state index is 11.8. The molecule has 1 atom stereocenters. The first-order valence-corrected chi connectivity index (χ1v) is 7.33. The molecule has 3 nitrogen and oxygen atoms in total.